The molecule has 0 aromatic carbocycles. The Labute approximate surface area is 94.8 Å². The monoisotopic (exact) mass is 234 g/mol. The molecule has 6 nitrogen and oxygen atoms in total. The Balaban J connectivity index is 3.41. The fourth-order valence-electron chi connectivity index (χ4n) is 0.936. The van der Waals surface area contributed by atoms with Crippen LogP contribution >= 0.6 is 0 Å². The minimum atomic E-state index is -0.591. The molecule has 0 aromatic heterocycles. The second kappa shape index (κ2) is 9.11. The van der Waals surface area contributed by atoms with E-state index in [9.17, 15) is 9.59 Å². The summed E-state index contributed by atoms with van der Waals surface area (Å²) in [4.78, 5) is 21.0. The van der Waals surface area contributed by atoms with E-state index in [1.807, 2.05) is 0 Å². The number of carbonyl (C=O) groups is 2. The Morgan fingerprint density at radius 1 is 1.06 bits per heavy atom. The maximum absolute atomic E-state index is 10.6. The predicted octanol–water partition coefficient (Wildman–Crippen LogP) is 0.492. The summed E-state index contributed by atoms with van der Waals surface area (Å²) in [5, 5.41) is 0. The van der Waals surface area contributed by atoms with Gasteiger partial charge in [0.25, 0.3) is 0 Å². The largest absolute Gasteiger partial charge is 0.463 e. The minimum Gasteiger partial charge on any atom is -0.463 e. The molecule has 0 aromatic rings. The molecule has 1 atom stereocenters. The normalized spacial score (nSPS) is 11.9. The number of hydrogen-bond acceptors (Lipinski definition) is 6. The zero-order chi connectivity index (χ0) is 12.4. The van der Waals surface area contributed by atoms with Gasteiger partial charge >= 0.3 is 11.9 Å². The quantitative estimate of drug-likeness (QED) is 0.346. The van der Waals surface area contributed by atoms with E-state index in [1.165, 1.54) is 21.0 Å². The third-order valence-electron chi connectivity index (χ3n) is 1.59. The summed E-state index contributed by atoms with van der Waals surface area (Å²) in [6, 6.07) is 0. The van der Waals surface area contributed by atoms with Crippen LogP contribution in [-0.4, -0.2) is 45.2 Å². The summed E-state index contributed by atoms with van der Waals surface area (Å²) >= 11 is 0. The van der Waals surface area contributed by atoms with Crippen molar-refractivity contribution in [1.29, 1.82) is 0 Å². The van der Waals surface area contributed by atoms with Crippen LogP contribution in [0.3, 0.4) is 0 Å². The smallest absolute Gasteiger partial charge is 0.304 e. The second-order valence-electron chi connectivity index (χ2n) is 3.02. The third kappa shape index (κ3) is 9.42. The molecule has 0 amide bonds. The Morgan fingerprint density at radius 2 is 1.75 bits per heavy atom. The molecule has 0 aliphatic heterocycles. The van der Waals surface area contributed by atoms with E-state index in [1.54, 1.807) is 0 Å². The highest BCUT2D eigenvalue weighted by Crippen LogP contribution is 2.00. The predicted molar refractivity (Wildman–Crippen MR) is 54.6 cm³/mol. The van der Waals surface area contributed by atoms with Crippen molar-refractivity contribution in [1.82, 2.24) is 0 Å². The second-order valence-corrected chi connectivity index (χ2v) is 3.02. The highest BCUT2D eigenvalue weighted by molar-refractivity contribution is 5.66. The molecule has 0 radical (unpaired) electrons. The molecule has 0 bridgehead atoms. The van der Waals surface area contributed by atoms with Crippen molar-refractivity contribution in [2.45, 2.75) is 26.6 Å². The van der Waals surface area contributed by atoms with Crippen LogP contribution < -0.4 is 0 Å². The Bertz CT molecular complexity index is 215. The first kappa shape index (κ1) is 14.9. The van der Waals surface area contributed by atoms with Gasteiger partial charge in [0.2, 0.25) is 6.29 Å². The number of rotatable bonds is 8. The summed E-state index contributed by atoms with van der Waals surface area (Å²) < 4.78 is 19.5. The van der Waals surface area contributed by atoms with Crippen LogP contribution in [0.2, 0.25) is 0 Å². The first-order valence-corrected chi connectivity index (χ1v) is 4.97. The van der Waals surface area contributed by atoms with Crippen molar-refractivity contribution >= 4 is 11.9 Å². The van der Waals surface area contributed by atoms with E-state index in [0.717, 1.165) is 0 Å². The lowest BCUT2D eigenvalue weighted by Crippen LogP contribution is -2.21. The highest BCUT2D eigenvalue weighted by Gasteiger charge is 2.09. The summed E-state index contributed by atoms with van der Waals surface area (Å²) in [7, 11) is 1.45. The van der Waals surface area contributed by atoms with E-state index >= 15 is 0 Å². The van der Waals surface area contributed by atoms with Gasteiger partial charge in [-0.2, -0.15) is 0 Å². The molecule has 0 N–H and O–H groups in total. The fraction of sp³-hybridized carbons (Fsp3) is 0.800. The summed E-state index contributed by atoms with van der Waals surface area (Å²) in [5.74, 6) is -0.731. The van der Waals surface area contributed by atoms with E-state index < -0.39 is 12.3 Å². The number of carbonyl (C=O) groups excluding carboxylic acids is 2. The van der Waals surface area contributed by atoms with Crippen molar-refractivity contribution < 1.29 is 28.5 Å². The van der Waals surface area contributed by atoms with Gasteiger partial charge < -0.3 is 18.9 Å². The summed E-state index contributed by atoms with van der Waals surface area (Å²) in [5.41, 5.74) is 0. The standard InChI is InChI=1S/C10H18O6/c1-8(11)15-7-6-14-5-4-10(13-3)16-9(2)12/h10H,4-7H2,1-3H3. The van der Waals surface area contributed by atoms with Crippen molar-refractivity contribution in [3.63, 3.8) is 0 Å². The van der Waals surface area contributed by atoms with Crippen LogP contribution in [0.1, 0.15) is 20.3 Å². The molecular weight excluding hydrogens is 216 g/mol. The van der Waals surface area contributed by atoms with Gasteiger partial charge in [0.1, 0.15) is 6.61 Å². The molecule has 0 saturated heterocycles. The van der Waals surface area contributed by atoms with Crippen molar-refractivity contribution in [2.75, 3.05) is 26.9 Å². The molecule has 94 valence electrons. The van der Waals surface area contributed by atoms with Crippen LogP contribution in [-0.2, 0) is 28.5 Å². The summed E-state index contributed by atoms with van der Waals surface area (Å²) in [6.07, 6.45) is -0.151. The van der Waals surface area contributed by atoms with Gasteiger partial charge in [-0.1, -0.05) is 0 Å². The highest BCUT2D eigenvalue weighted by atomic mass is 16.7. The molecular formula is C10H18O6. The van der Waals surface area contributed by atoms with E-state index in [-0.39, 0.29) is 12.6 Å². The average Bonchev–Trinajstić information content (AvgIpc) is 2.20. The average molecular weight is 234 g/mol. The maximum atomic E-state index is 10.6. The lowest BCUT2D eigenvalue weighted by molar-refractivity contribution is -0.174. The van der Waals surface area contributed by atoms with E-state index in [2.05, 4.69) is 4.74 Å². The van der Waals surface area contributed by atoms with Crippen molar-refractivity contribution in [3.05, 3.63) is 0 Å². The number of esters is 2. The van der Waals surface area contributed by atoms with E-state index in [4.69, 9.17) is 14.2 Å². The number of methoxy groups -OCH3 is 1. The van der Waals surface area contributed by atoms with Gasteiger partial charge in [-0.05, 0) is 0 Å². The van der Waals surface area contributed by atoms with Gasteiger partial charge in [0, 0.05) is 27.4 Å². The Morgan fingerprint density at radius 3 is 2.25 bits per heavy atom. The third-order valence-corrected chi connectivity index (χ3v) is 1.59. The van der Waals surface area contributed by atoms with Crippen LogP contribution in [0.5, 0.6) is 0 Å². The van der Waals surface area contributed by atoms with E-state index in [0.29, 0.717) is 19.6 Å². The lowest BCUT2D eigenvalue weighted by Gasteiger charge is -2.14. The molecule has 0 saturated carbocycles. The van der Waals surface area contributed by atoms with Crippen LogP contribution in [0.25, 0.3) is 0 Å². The SMILES string of the molecule is COC(CCOCCOC(C)=O)OC(C)=O. The Kier molecular flexibility index (Phi) is 8.46. The van der Waals surface area contributed by atoms with Gasteiger partial charge in [-0.25, -0.2) is 0 Å². The number of hydrogen-bond donors (Lipinski definition) is 0. The zero-order valence-corrected chi connectivity index (χ0v) is 9.86. The molecule has 16 heavy (non-hydrogen) atoms. The number of ether oxygens (including phenoxy) is 4. The molecule has 0 rings (SSSR count). The minimum absolute atomic E-state index is 0.223. The Hall–Kier alpha value is -1.14. The van der Waals surface area contributed by atoms with Crippen molar-refractivity contribution in [2.24, 2.45) is 0 Å². The van der Waals surface area contributed by atoms with Gasteiger partial charge in [0.15, 0.2) is 0 Å². The fourth-order valence-corrected chi connectivity index (χ4v) is 0.936. The van der Waals surface area contributed by atoms with Crippen LogP contribution in [0.4, 0.5) is 0 Å². The molecule has 1 unspecified atom stereocenters. The molecule has 0 aliphatic carbocycles. The molecule has 0 aliphatic rings. The summed E-state index contributed by atoms with van der Waals surface area (Å²) in [6.45, 7) is 3.55. The van der Waals surface area contributed by atoms with Gasteiger partial charge in [-0.3, -0.25) is 9.59 Å². The molecule has 6 heteroatoms. The first-order chi connectivity index (χ1) is 7.56. The van der Waals surface area contributed by atoms with Gasteiger partial charge in [-0.15, -0.1) is 0 Å². The lowest BCUT2D eigenvalue weighted by atomic mass is 10.4. The molecule has 0 spiro atoms. The first-order valence-electron chi connectivity index (χ1n) is 4.97. The van der Waals surface area contributed by atoms with Crippen molar-refractivity contribution in [3.8, 4) is 0 Å². The van der Waals surface area contributed by atoms with Crippen LogP contribution in [0.15, 0.2) is 0 Å². The molecule has 0 heterocycles. The maximum Gasteiger partial charge on any atom is 0.304 e. The zero-order valence-electron chi connectivity index (χ0n) is 9.86. The van der Waals surface area contributed by atoms with Crippen LogP contribution in [0, 0.1) is 0 Å². The topological polar surface area (TPSA) is 71.1 Å². The molecule has 0 fully saturated rings. The van der Waals surface area contributed by atoms with Gasteiger partial charge in [0.05, 0.1) is 13.2 Å².